The van der Waals surface area contributed by atoms with Crippen molar-refractivity contribution in [1.29, 1.82) is 0 Å². The van der Waals surface area contributed by atoms with Crippen LogP contribution in [0.4, 0.5) is 5.69 Å². The van der Waals surface area contributed by atoms with Gasteiger partial charge in [0.15, 0.2) is 11.4 Å². The molecule has 0 fully saturated rings. The number of para-hydroxylation sites is 1. The SMILES string of the molecule is Cc1cccc2c(O)c(NC(=O)c3ccncc3)c(=O)oc12. The zero-order valence-electron chi connectivity index (χ0n) is 11.7. The van der Waals surface area contributed by atoms with E-state index < -0.39 is 11.5 Å². The second kappa shape index (κ2) is 5.33. The van der Waals surface area contributed by atoms with Gasteiger partial charge >= 0.3 is 5.63 Å². The zero-order valence-corrected chi connectivity index (χ0v) is 11.7. The van der Waals surface area contributed by atoms with Crippen LogP contribution in [0.25, 0.3) is 11.0 Å². The molecule has 3 rings (SSSR count). The number of pyridine rings is 1. The Morgan fingerprint density at radius 2 is 1.95 bits per heavy atom. The Morgan fingerprint density at radius 1 is 1.23 bits per heavy atom. The Hall–Kier alpha value is -3.15. The summed E-state index contributed by atoms with van der Waals surface area (Å²) in [6, 6.07) is 8.10. The molecular formula is C16H12N2O4. The molecule has 0 atom stereocenters. The van der Waals surface area contributed by atoms with Gasteiger partial charge in [-0.2, -0.15) is 0 Å². The Balaban J connectivity index is 2.08. The van der Waals surface area contributed by atoms with Crippen LogP contribution in [-0.2, 0) is 0 Å². The number of aromatic nitrogens is 1. The first-order chi connectivity index (χ1) is 10.6. The van der Waals surface area contributed by atoms with E-state index in [1.165, 1.54) is 24.5 Å². The summed E-state index contributed by atoms with van der Waals surface area (Å²) in [5.41, 5.74) is 0.253. The lowest BCUT2D eigenvalue weighted by molar-refractivity contribution is 0.102. The molecule has 0 aliphatic heterocycles. The lowest BCUT2D eigenvalue weighted by Crippen LogP contribution is -2.18. The van der Waals surface area contributed by atoms with Gasteiger partial charge < -0.3 is 14.8 Å². The van der Waals surface area contributed by atoms with Crippen molar-refractivity contribution in [2.75, 3.05) is 5.32 Å². The third-order valence-corrected chi connectivity index (χ3v) is 3.28. The summed E-state index contributed by atoms with van der Waals surface area (Å²) < 4.78 is 5.20. The van der Waals surface area contributed by atoms with Gasteiger partial charge in [-0.05, 0) is 30.7 Å². The summed E-state index contributed by atoms with van der Waals surface area (Å²) in [6.07, 6.45) is 2.92. The minimum Gasteiger partial charge on any atom is -0.505 e. The molecule has 1 aromatic carbocycles. The molecule has 0 radical (unpaired) electrons. The molecule has 110 valence electrons. The number of carbonyl (C=O) groups excluding carboxylic acids is 1. The van der Waals surface area contributed by atoms with E-state index in [4.69, 9.17) is 4.42 Å². The number of carbonyl (C=O) groups is 1. The topological polar surface area (TPSA) is 92.4 Å². The second-order valence-corrected chi connectivity index (χ2v) is 4.75. The smallest absolute Gasteiger partial charge is 0.364 e. The molecule has 0 aliphatic rings. The summed E-state index contributed by atoms with van der Waals surface area (Å²) in [5.74, 6) is -0.839. The number of hydrogen-bond donors (Lipinski definition) is 2. The monoisotopic (exact) mass is 296 g/mol. The third-order valence-electron chi connectivity index (χ3n) is 3.28. The fraction of sp³-hybridized carbons (Fsp3) is 0.0625. The first-order valence-corrected chi connectivity index (χ1v) is 6.54. The van der Waals surface area contributed by atoms with Crippen molar-refractivity contribution in [2.24, 2.45) is 0 Å². The van der Waals surface area contributed by atoms with E-state index in [1.54, 1.807) is 25.1 Å². The molecule has 2 aromatic heterocycles. The third kappa shape index (κ3) is 2.31. The number of benzene rings is 1. The first-order valence-electron chi connectivity index (χ1n) is 6.54. The maximum Gasteiger partial charge on any atom is 0.364 e. The fourth-order valence-corrected chi connectivity index (χ4v) is 2.15. The summed E-state index contributed by atoms with van der Waals surface area (Å²) in [7, 11) is 0. The number of amides is 1. The molecule has 3 aromatic rings. The van der Waals surface area contributed by atoms with E-state index in [9.17, 15) is 14.7 Å². The van der Waals surface area contributed by atoms with Crippen molar-refractivity contribution in [3.05, 3.63) is 64.3 Å². The van der Waals surface area contributed by atoms with Crippen molar-refractivity contribution in [1.82, 2.24) is 4.98 Å². The van der Waals surface area contributed by atoms with Crippen LogP contribution in [0.1, 0.15) is 15.9 Å². The molecule has 2 heterocycles. The minimum absolute atomic E-state index is 0.278. The molecule has 0 spiro atoms. The first kappa shape index (κ1) is 13.8. The van der Waals surface area contributed by atoms with Crippen molar-refractivity contribution >= 4 is 22.6 Å². The molecule has 1 amide bonds. The molecule has 6 heteroatoms. The number of rotatable bonds is 2. The Labute approximate surface area is 125 Å². The summed E-state index contributed by atoms with van der Waals surface area (Å²) in [6.45, 7) is 1.76. The Kier molecular flexibility index (Phi) is 3.34. The lowest BCUT2D eigenvalue weighted by Gasteiger charge is -2.09. The molecule has 0 aliphatic carbocycles. The molecule has 6 nitrogen and oxygen atoms in total. The van der Waals surface area contributed by atoms with Gasteiger partial charge in [-0.1, -0.05) is 12.1 Å². The van der Waals surface area contributed by atoms with Gasteiger partial charge in [-0.25, -0.2) is 4.79 Å². The number of anilines is 1. The largest absolute Gasteiger partial charge is 0.505 e. The van der Waals surface area contributed by atoms with Crippen molar-refractivity contribution in [3.8, 4) is 5.75 Å². The minimum atomic E-state index is -0.804. The summed E-state index contributed by atoms with van der Waals surface area (Å²) >= 11 is 0. The van der Waals surface area contributed by atoms with E-state index >= 15 is 0 Å². The van der Waals surface area contributed by atoms with Crippen LogP contribution >= 0.6 is 0 Å². The summed E-state index contributed by atoms with van der Waals surface area (Å²) in [4.78, 5) is 27.9. The fourth-order valence-electron chi connectivity index (χ4n) is 2.15. The van der Waals surface area contributed by atoms with Gasteiger partial charge in [0.05, 0.1) is 5.39 Å². The average molecular weight is 296 g/mol. The van der Waals surface area contributed by atoms with E-state index in [1.807, 2.05) is 0 Å². The van der Waals surface area contributed by atoms with Crippen LogP contribution in [-0.4, -0.2) is 16.0 Å². The number of hydrogen-bond acceptors (Lipinski definition) is 5. The highest BCUT2D eigenvalue weighted by Crippen LogP contribution is 2.31. The van der Waals surface area contributed by atoms with Gasteiger partial charge in [0, 0.05) is 18.0 Å². The van der Waals surface area contributed by atoms with Crippen molar-refractivity contribution < 1.29 is 14.3 Å². The molecule has 2 N–H and O–H groups in total. The highest BCUT2D eigenvalue weighted by atomic mass is 16.4. The van der Waals surface area contributed by atoms with Crippen LogP contribution in [0.3, 0.4) is 0 Å². The number of nitrogens with one attached hydrogen (secondary N) is 1. The number of fused-ring (bicyclic) bond motifs is 1. The lowest BCUT2D eigenvalue weighted by atomic mass is 10.1. The van der Waals surface area contributed by atoms with Crippen LogP contribution in [0.5, 0.6) is 5.75 Å². The molecule has 0 saturated heterocycles. The number of aromatic hydroxyl groups is 1. The number of aryl methyl sites for hydroxylation is 1. The average Bonchev–Trinajstić information content (AvgIpc) is 2.53. The van der Waals surface area contributed by atoms with E-state index in [0.717, 1.165) is 5.56 Å². The standard InChI is InChI=1S/C16H12N2O4/c1-9-3-2-4-11-13(19)12(16(21)22-14(9)11)18-15(20)10-5-7-17-8-6-10/h2-8,19H,1H3,(H,18,20). The highest BCUT2D eigenvalue weighted by molar-refractivity contribution is 6.06. The maximum atomic E-state index is 12.1. The van der Waals surface area contributed by atoms with Crippen LogP contribution in [0.2, 0.25) is 0 Å². The predicted octanol–water partition coefficient (Wildman–Crippen LogP) is 2.45. The van der Waals surface area contributed by atoms with Crippen LogP contribution in [0.15, 0.2) is 51.9 Å². The van der Waals surface area contributed by atoms with Crippen molar-refractivity contribution in [2.45, 2.75) is 6.92 Å². The van der Waals surface area contributed by atoms with Gasteiger partial charge in [-0.15, -0.1) is 0 Å². The van der Waals surface area contributed by atoms with Gasteiger partial charge in [0.1, 0.15) is 5.58 Å². The van der Waals surface area contributed by atoms with E-state index in [-0.39, 0.29) is 11.4 Å². The molecule has 0 unspecified atom stereocenters. The van der Waals surface area contributed by atoms with Gasteiger partial charge in [-0.3, -0.25) is 9.78 Å². The van der Waals surface area contributed by atoms with E-state index in [2.05, 4.69) is 10.3 Å². The quantitative estimate of drug-likeness (QED) is 0.709. The molecular weight excluding hydrogens is 284 g/mol. The molecule has 22 heavy (non-hydrogen) atoms. The Morgan fingerprint density at radius 3 is 2.68 bits per heavy atom. The highest BCUT2D eigenvalue weighted by Gasteiger charge is 2.17. The van der Waals surface area contributed by atoms with Crippen LogP contribution < -0.4 is 10.9 Å². The normalized spacial score (nSPS) is 10.6. The van der Waals surface area contributed by atoms with Gasteiger partial charge in [0.25, 0.3) is 5.91 Å². The molecule has 0 saturated carbocycles. The van der Waals surface area contributed by atoms with Crippen molar-refractivity contribution in [3.63, 3.8) is 0 Å². The van der Waals surface area contributed by atoms with Gasteiger partial charge in [0.2, 0.25) is 0 Å². The second-order valence-electron chi connectivity index (χ2n) is 4.75. The Bertz CT molecular complexity index is 917. The maximum absolute atomic E-state index is 12.1. The van der Waals surface area contributed by atoms with E-state index in [0.29, 0.717) is 16.5 Å². The van der Waals surface area contributed by atoms with Crippen LogP contribution in [0, 0.1) is 6.92 Å². The predicted molar refractivity (Wildman–Crippen MR) is 81.1 cm³/mol. The number of nitrogens with zero attached hydrogens (tertiary/aromatic N) is 1. The zero-order chi connectivity index (χ0) is 15.7. The molecule has 0 bridgehead atoms. The summed E-state index contributed by atoms with van der Waals surface area (Å²) in [5, 5.41) is 13.0.